The SMILES string of the molecule is C/C=C(/C)C(=O)N(CC(=O)O)CC(C)C. The van der Waals surface area contributed by atoms with Crippen molar-refractivity contribution in [1.82, 2.24) is 4.90 Å². The summed E-state index contributed by atoms with van der Waals surface area (Å²) in [6.45, 7) is 7.60. The van der Waals surface area contributed by atoms with Crippen LogP contribution in [0.25, 0.3) is 0 Å². The van der Waals surface area contributed by atoms with Gasteiger partial charge in [0.15, 0.2) is 0 Å². The largest absolute Gasteiger partial charge is 0.480 e. The lowest BCUT2D eigenvalue weighted by molar-refractivity contribution is -0.143. The Labute approximate surface area is 90.6 Å². The van der Waals surface area contributed by atoms with Crippen molar-refractivity contribution in [3.63, 3.8) is 0 Å². The minimum absolute atomic E-state index is 0.200. The highest BCUT2D eigenvalue weighted by Crippen LogP contribution is 2.05. The minimum Gasteiger partial charge on any atom is -0.480 e. The number of amides is 1. The van der Waals surface area contributed by atoms with Gasteiger partial charge in [0.25, 0.3) is 0 Å². The average Bonchev–Trinajstić information content (AvgIpc) is 2.13. The number of hydrogen-bond donors (Lipinski definition) is 1. The van der Waals surface area contributed by atoms with Crippen LogP contribution in [0.1, 0.15) is 27.7 Å². The molecule has 4 heteroatoms. The number of rotatable bonds is 5. The minimum atomic E-state index is -0.979. The van der Waals surface area contributed by atoms with E-state index in [1.54, 1.807) is 19.9 Å². The monoisotopic (exact) mass is 213 g/mol. The van der Waals surface area contributed by atoms with E-state index in [-0.39, 0.29) is 18.4 Å². The topological polar surface area (TPSA) is 57.6 Å². The third kappa shape index (κ3) is 5.20. The predicted octanol–water partition coefficient (Wildman–Crippen LogP) is 1.52. The molecule has 0 aliphatic heterocycles. The van der Waals surface area contributed by atoms with Crippen molar-refractivity contribution in [3.05, 3.63) is 11.6 Å². The van der Waals surface area contributed by atoms with Gasteiger partial charge in [0.2, 0.25) is 5.91 Å². The third-order valence-corrected chi connectivity index (χ3v) is 1.97. The van der Waals surface area contributed by atoms with Crippen molar-refractivity contribution in [2.45, 2.75) is 27.7 Å². The Bertz CT molecular complexity index is 269. The van der Waals surface area contributed by atoms with Crippen LogP contribution in [0.2, 0.25) is 0 Å². The van der Waals surface area contributed by atoms with Crippen LogP contribution in [-0.2, 0) is 9.59 Å². The summed E-state index contributed by atoms with van der Waals surface area (Å²) in [4.78, 5) is 23.7. The van der Waals surface area contributed by atoms with Crippen molar-refractivity contribution in [2.24, 2.45) is 5.92 Å². The quantitative estimate of drug-likeness (QED) is 0.704. The molecule has 0 bridgehead atoms. The van der Waals surface area contributed by atoms with Gasteiger partial charge in [-0.05, 0) is 19.8 Å². The molecule has 1 amide bonds. The molecular weight excluding hydrogens is 194 g/mol. The van der Waals surface area contributed by atoms with E-state index in [1.807, 2.05) is 13.8 Å². The number of hydrogen-bond acceptors (Lipinski definition) is 2. The molecule has 0 aromatic heterocycles. The van der Waals surface area contributed by atoms with Gasteiger partial charge in [-0.3, -0.25) is 9.59 Å². The van der Waals surface area contributed by atoms with E-state index in [2.05, 4.69) is 0 Å². The number of aliphatic carboxylic acids is 1. The molecule has 15 heavy (non-hydrogen) atoms. The molecule has 0 fully saturated rings. The number of allylic oxidation sites excluding steroid dienone is 1. The van der Waals surface area contributed by atoms with Crippen LogP contribution in [0.3, 0.4) is 0 Å². The molecule has 0 spiro atoms. The van der Waals surface area contributed by atoms with E-state index >= 15 is 0 Å². The summed E-state index contributed by atoms with van der Waals surface area (Å²) in [6, 6.07) is 0. The maximum Gasteiger partial charge on any atom is 0.323 e. The van der Waals surface area contributed by atoms with Crippen LogP contribution < -0.4 is 0 Å². The fourth-order valence-electron chi connectivity index (χ4n) is 1.20. The Kier molecular flexibility index (Phi) is 5.67. The van der Waals surface area contributed by atoms with Gasteiger partial charge >= 0.3 is 5.97 Å². The van der Waals surface area contributed by atoms with Gasteiger partial charge < -0.3 is 10.0 Å². The molecule has 0 aromatic rings. The lowest BCUT2D eigenvalue weighted by Crippen LogP contribution is -2.38. The van der Waals surface area contributed by atoms with E-state index < -0.39 is 5.97 Å². The van der Waals surface area contributed by atoms with Gasteiger partial charge in [-0.2, -0.15) is 0 Å². The molecule has 0 unspecified atom stereocenters. The zero-order chi connectivity index (χ0) is 12.0. The molecule has 0 radical (unpaired) electrons. The van der Waals surface area contributed by atoms with E-state index in [1.165, 1.54) is 4.90 Å². The van der Waals surface area contributed by atoms with Crippen molar-refractivity contribution in [1.29, 1.82) is 0 Å². The molecule has 0 saturated heterocycles. The molecule has 0 aliphatic carbocycles. The van der Waals surface area contributed by atoms with Gasteiger partial charge in [-0.1, -0.05) is 19.9 Å². The summed E-state index contributed by atoms with van der Waals surface area (Å²) >= 11 is 0. The van der Waals surface area contributed by atoms with E-state index in [9.17, 15) is 9.59 Å². The van der Waals surface area contributed by atoms with E-state index in [4.69, 9.17) is 5.11 Å². The van der Waals surface area contributed by atoms with E-state index in [0.29, 0.717) is 12.1 Å². The second-order valence-electron chi connectivity index (χ2n) is 3.94. The van der Waals surface area contributed by atoms with E-state index in [0.717, 1.165) is 0 Å². The average molecular weight is 213 g/mol. The third-order valence-electron chi connectivity index (χ3n) is 1.97. The summed E-state index contributed by atoms with van der Waals surface area (Å²) in [5.41, 5.74) is 0.580. The summed E-state index contributed by atoms with van der Waals surface area (Å²) in [5, 5.41) is 8.69. The molecule has 0 atom stereocenters. The second kappa shape index (κ2) is 6.22. The second-order valence-corrected chi connectivity index (χ2v) is 3.94. The first-order valence-electron chi connectivity index (χ1n) is 5.02. The Hall–Kier alpha value is -1.32. The summed E-state index contributed by atoms with van der Waals surface area (Å²) in [5.74, 6) is -0.917. The summed E-state index contributed by atoms with van der Waals surface area (Å²) in [6.07, 6.45) is 1.69. The standard InChI is InChI=1S/C11H19NO3/c1-5-9(4)11(15)12(6-8(2)3)7-10(13)14/h5,8H,6-7H2,1-4H3,(H,13,14)/b9-5-. The van der Waals surface area contributed by atoms with Crippen LogP contribution in [-0.4, -0.2) is 35.0 Å². The Balaban J connectivity index is 4.62. The molecule has 1 N–H and O–H groups in total. The lowest BCUT2D eigenvalue weighted by atomic mass is 10.1. The highest BCUT2D eigenvalue weighted by Gasteiger charge is 2.18. The zero-order valence-corrected chi connectivity index (χ0v) is 9.78. The van der Waals surface area contributed by atoms with Gasteiger partial charge in [0.1, 0.15) is 6.54 Å². The number of carbonyl (C=O) groups excluding carboxylic acids is 1. The number of nitrogens with zero attached hydrogens (tertiary/aromatic N) is 1. The fraction of sp³-hybridized carbons (Fsp3) is 0.636. The van der Waals surface area contributed by atoms with Gasteiger partial charge in [0, 0.05) is 12.1 Å². The van der Waals surface area contributed by atoms with Crippen molar-refractivity contribution in [3.8, 4) is 0 Å². The fourth-order valence-corrected chi connectivity index (χ4v) is 1.20. The molecule has 0 aliphatic rings. The van der Waals surface area contributed by atoms with Crippen molar-refractivity contribution >= 4 is 11.9 Å². The Morgan fingerprint density at radius 3 is 2.27 bits per heavy atom. The highest BCUT2D eigenvalue weighted by atomic mass is 16.4. The first-order valence-corrected chi connectivity index (χ1v) is 5.02. The molecule has 0 heterocycles. The molecular formula is C11H19NO3. The molecule has 0 saturated carbocycles. The predicted molar refractivity (Wildman–Crippen MR) is 58.5 cm³/mol. The van der Waals surface area contributed by atoms with Gasteiger partial charge in [-0.25, -0.2) is 0 Å². The van der Waals surface area contributed by atoms with Crippen LogP contribution >= 0.6 is 0 Å². The first-order chi connectivity index (χ1) is 6.88. The van der Waals surface area contributed by atoms with Crippen LogP contribution in [0.15, 0.2) is 11.6 Å². The summed E-state index contributed by atoms with van der Waals surface area (Å²) < 4.78 is 0. The molecule has 0 rings (SSSR count). The molecule has 86 valence electrons. The maximum absolute atomic E-state index is 11.7. The Morgan fingerprint density at radius 1 is 1.40 bits per heavy atom. The van der Waals surface area contributed by atoms with Crippen LogP contribution in [0.4, 0.5) is 0 Å². The van der Waals surface area contributed by atoms with Gasteiger partial charge in [-0.15, -0.1) is 0 Å². The first kappa shape index (κ1) is 13.7. The Morgan fingerprint density at radius 2 is 1.93 bits per heavy atom. The smallest absolute Gasteiger partial charge is 0.323 e. The normalized spacial score (nSPS) is 11.7. The lowest BCUT2D eigenvalue weighted by Gasteiger charge is -2.22. The van der Waals surface area contributed by atoms with Crippen LogP contribution in [0.5, 0.6) is 0 Å². The van der Waals surface area contributed by atoms with Crippen LogP contribution in [0, 0.1) is 5.92 Å². The van der Waals surface area contributed by atoms with Crippen molar-refractivity contribution in [2.75, 3.05) is 13.1 Å². The maximum atomic E-state index is 11.7. The zero-order valence-electron chi connectivity index (χ0n) is 9.78. The highest BCUT2D eigenvalue weighted by molar-refractivity contribution is 5.94. The molecule has 4 nitrogen and oxygen atoms in total. The number of carbonyl (C=O) groups is 2. The number of carboxylic acids is 1. The van der Waals surface area contributed by atoms with Gasteiger partial charge in [0.05, 0.1) is 0 Å². The summed E-state index contributed by atoms with van der Waals surface area (Å²) in [7, 11) is 0. The molecule has 0 aromatic carbocycles. The number of carboxylic acid groups (broad SMARTS) is 1. The van der Waals surface area contributed by atoms with Crippen molar-refractivity contribution < 1.29 is 14.7 Å².